The van der Waals surface area contributed by atoms with E-state index in [1.165, 1.54) is 12.1 Å². The zero-order chi connectivity index (χ0) is 20.7. The van der Waals surface area contributed by atoms with Crippen LogP contribution >= 0.6 is 0 Å². The number of amides is 3. The Balaban J connectivity index is 2.01. The Morgan fingerprint density at radius 1 is 1.00 bits per heavy atom. The quantitative estimate of drug-likeness (QED) is 0.661. The third kappa shape index (κ3) is 5.82. The third-order valence-electron chi connectivity index (χ3n) is 3.93. The van der Waals surface area contributed by atoms with E-state index in [0.717, 1.165) is 5.56 Å². The molecule has 0 aliphatic rings. The van der Waals surface area contributed by atoms with Crippen molar-refractivity contribution in [3.8, 4) is 0 Å². The summed E-state index contributed by atoms with van der Waals surface area (Å²) in [5, 5.41) is 8.18. The average Bonchev–Trinajstić information content (AvgIpc) is 2.66. The first-order valence-electron chi connectivity index (χ1n) is 8.99. The number of hydrogen-bond acceptors (Lipinski definition) is 4. The van der Waals surface area contributed by atoms with Gasteiger partial charge in [0.1, 0.15) is 0 Å². The minimum absolute atomic E-state index is 0.0331. The van der Waals surface area contributed by atoms with Crippen LogP contribution < -0.4 is 16.0 Å². The molecule has 0 aromatic heterocycles. The molecule has 0 saturated heterocycles. The van der Waals surface area contributed by atoms with Gasteiger partial charge in [0.2, 0.25) is 0 Å². The smallest absolute Gasteiger partial charge is 0.319 e. The lowest BCUT2D eigenvalue weighted by Gasteiger charge is -2.12. The maximum absolute atomic E-state index is 12.5. The Morgan fingerprint density at radius 3 is 2.25 bits per heavy atom. The van der Waals surface area contributed by atoms with Crippen LogP contribution in [0.1, 0.15) is 36.7 Å². The van der Waals surface area contributed by atoms with Crippen molar-refractivity contribution in [2.24, 2.45) is 0 Å². The Kier molecular flexibility index (Phi) is 7.17. The summed E-state index contributed by atoms with van der Waals surface area (Å²) >= 11 is 0. The normalized spacial score (nSPS) is 11.1. The van der Waals surface area contributed by atoms with Gasteiger partial charge in [0.25, 0.3) is 5.91 Å². The van der Waals surface area contributed by atoms with Crippen molar-refractivity contribution >= 4 is 27.5 Å². The van der Waals surface area contributed by atoms with Gasteiger partial charge in [0, 0.05) is 18.3 Å². The van der Waals surface area contributed by atoms with E-state index in [0.29, 0.717) is 5.69 Å². The van der Waals surface area contributed by atoms with Gasteiger partial charge >= 0.3 is 6.03 Å². The summed E-state index contributed by atoms with van der Waals surface area (Å²) < 4.78 is 24.3. The second-order valence-corrected chi connectivity index (χ2v) is 8.78. The summed E-state index contributed by atoms with van der Waals surface area (Å²) in [6.45, 7) is 5.52. The topological polar surface area (TPSA) is 104 Å². The van der Waals surface area contributed by atoms with Crippen molar-refractivity contribution < 1.29 is 18.0 Å². The highest BCUT2D eigenvalue weighted by Gasteiger charge is 2.20. The summed E-state index contributed by atoms with van der Waals surface area (Å²) in [6, 6.07) is 12.9. The van der Waals surface area contributed by atoms with Crippen molar-refractivity contribution in [2.75, 3.05) is 11.1 Å². The van der Waals surface area contributed by atoms with Gasteiger partial charge in [-0.1, -0.05) is 31.2 Å². The molecular formula is C20H25N3O4S. The number of rotatable bonds is 7. The lowest BCUT2D eigenvalue weighted by atomic mass is 10.2. The molecule has 3 amide bonds. The second-order valence-electron chi connectivity index (χ2n) is 6.53. The molecule has 0 atom stereocenters. The van der Waals surface area contributed by atoms with Gasteiger partial charge in [-0.25, -0.2) is 13.2 Å². The first-order valence-corrected chi connectivity index (χ1v) is 10.6. The van der Waals surface area contributed by atoms with E-state index in [2.05, 4.69) is 16.0 Å². The van der Waals surface area contributed by atoms with E-state index < -0.39 is 15.7 Å². The van der Waals surface area contributed by atoms with E-state index >= 15 is 0 Å². The standard InChI is InChI=1S/C20H25N3O4S/c1-4-28(26,27)18-8-6-5-7-17(18)19(24)21-13-15-9-11-16(12-10-15)23-20(25)22-14(2)3/h5-12,14H,4,13H2,1-3H3,(H,21,24)(H2,22,23,25). The van der Waals surface area contributed by atoms with Crippen LogP contribution in [0.15, 0.2) is 53.4 Å². The fourth-order valence-corrected chi connectivity index (χ4v) is 3.59. The predicted molar refractivity (Wildman–Crippen MR) is 109 cm³/mol. The molecule has 0 heterocycles. The molecule has 8 heteroatoms. The highest BCUT2D eigenvalue weighted by Crippen LogP contribution is 2.17. The van der Waals surface area contributed by atoms with Crippen molar-refractivity contribution in [3.63, 3.8) is 0 Å². The van der Waals surface area contributed by atoms with Crippen LogP contribution in [0.4, 0.5) is 10.5 Å². The zero-order valence-electron chi connectivity index (χ0n) is 16.2. The molecule has 2 rings (SSSR count). The van der Waals surface area contributed by atoms with Crippen molar-refractivity contribution in [3.05, 3.63) is 59.7 Å². The number of carbonyl (C=O) groups excluding carboxylic acids is 2. The first kappa shape index (κ1) is 21.4. The number of nitrogens with one attached hydrogen (secondary N) is 3. The van der Waals surface area contributed by atoms with E-state index in [-0.39, 0.29) is 34.8 Å². The van der Waals surface area contributed by atoms with Gasteiger partial charge in [-0.2, -0.15) is 0 Å². The average molecular weight is 404 g/mol. The highest BCUT2D eigenvalue weighted by atomic mass is 32.2. The van der Waals surface area contributed by atoms with Gasteiger partial charge in [0.15, 0.2) is 9.84 Å². The molecule has 7 nitrogen and oxygen atoms in total. The van der Waals surface area contributed by atoms with Gasteiger partial charge in [-0.05, 0) is 43.7 Å². The summed E-state index contributed by atoms with van der Waals surface area (Å²) in [5.74, 6) is -0.526. The van der Waals surface area contributed by atoms with Crippen LogP contribution in [0.2, 0.25) is 0 Å². The minimum atomic E-state index is -3.49. The van der Waals surface area contributed by atoms with Gasteiger partial charge in [-0.3, -0.25) is 4.79 Å². The predicted octanol–water partition coefficient (Wildman–Crippen LogP) is 2.94. The van der Waals surface area contributed by atoms with Crippen LogP contribution in [-0.4, -0.2) is 32.2 Å². The number of benzene rings is 2. The lowest BCUT2D eigenvalue weighted by molar-refractivity contribution is 0.0947. The molecule has 0 aliphatic heterocycles. The van der Waals surface area contributed by atoms with Crippen LogP contribution in [-0.2, 0) is 16.4 Å². The highest BCUT2D eigenvalue weighted by molar-refractivity contribution is 7.91. The fourth-order valence-electron chi connectivity index (χ4n) is 2.49. The third-order valence-corrected chi connectivity index (χ3v) is 5.72. The summed E-state index contributed by atoms with van der Waals surface area (Å²) in [5.41, 5.74) is 1.58. The van der Waals surface area contributed by atoms with Crippen molar-refractivity contribution in [1.29, 1.82) is 0 Å². The Hall–Kier alpha value is -2.87. The molecule has 0 radical (unpaired) electrons. The molecule has 28 heavy (non-hydrogen) atoms. The summed E-state index contributed by atoms with van der Waals surface area (Å²) in [4.78, 5) is 24.2. The Morgan fingerprint density at radius 2 is 1.64 bits per heavy atom. The molecule has 150 valence electrons. The molecule has 0 bridgehead atoms. The van der Waals surface area contributed by atoms with Crippen LogP contribution in [0.3, 0.4) is 0 Å². The molecule has 0 saturated carbocycles. The number of carbonyl (C=O) groups is 2. The molecule has 0 unspecified atom stereocenters. The minimum Gasteiger partial charge on any atom is -0.348 e. The van der Waals surface area contributed by atoms with Crippen molar-refractivity contribution in [2.45, 2.75) is 38.3 Å². The zero-order valence-corrected chi connectivity index (χ0v) is 17.0. The Bertz CT molecular complexity index is 938. The van der Waals surface area contributed by atoms with E-state index in [1.54, 1.807) is 43.3 Å². The number of anilines is 1. The van der Waals surface area contributed by atoms with Gasteiger partial charge in [0.05, 0.1) is 16.2 Å². The monoisotopic (exact) mass is 403 g/mol. The van der Waals surface area contributed by atoms with Gasteiger partial charge < -0.3 is 16.0 Å². The first-order chi connectivity index (χ1) is 13.2. The maximum atomic E-state index is 12.5. The molecular weight excluding hydrogens is 378 g/mol. The molecule has 0 aliphatic carbocycles. The molecule has 0 spiro atoms. The van der Waals surface area contributed by atoms with Crippen LogP contribution in [0.5, 0.6) is 0 Å². The van der Waals surface area contributed by atoms with Crippen LogP contribution in [0.25, 0.3) is 0 Å². The second kappa shape index (κ2) is 9.36. The molecule has 0 fully saturated rings. The maximum Gasteiger partial charge on any atom is 0.319 e. The fraction of sp³-hybridized carbons (Fsp3) is 0.300. The summed E-state index contributed by atoms with van der Waals surface area (Å²) in [7, 11) is -3.49. The molecule has 2 aromatic rings. The SMILES string of the molecule is CCS(=O)(=O)c1ccccc1C(=O)NCc1ccc(NC(=O)NC(C)C)cc1. The Labute approximate surface area is 165 Å². The largest absolute Gasteiger partial charge is 0.348 e. The van der Waals surface area contributed by atoms with Crippen molar-refractivity contribution in [1.82, 2.24) is 10.6 Å². The van der Waals surface area contributed by atoms with Crippen LogP contribution in [0, 0.1) is 0 Å². The number of sulfone groups is 1. The van der Waals surface area contributed by atoms with Gasteiger partial charge in [-0.15, -0.1) is 0 Å². The molecule has 2 aromatic carbocycles. The molecule has 3 N–H and O–H groups in total. The number of hydrogen-bond donors (Lipinski definition) is 3. The summed E-state index contributed by atoms with van der Waals surface area (Å²) in [6.07, 6.45) is 0. The lowest BCUT2D eigenvalue weighted by Crippen LogP contribution is -2.34. The number of urea groups is 1. The van der Waals surface area contributed by atoms with E-state index in [9.17, 15) is 18.0 Å². The van der Waals surface area contributed by atoms with E-state index in [4.69, 9.17) is 0 Å². The van der Waals surface area contributed by atoms with E-state index in [1.807, 2.05) is 13.8 Å².